The first-order valence-corrected chi connectivity index (χ1v) is 12.6. The van der Waals surface area contributed by atoms with E-state index in [1.165, 1.54) is 11.3 Å². The molecule has 3 aromatic heterocycles. The fourth-order valence-electron chi connectivity index (χ4n) is 4.26. The molecule has 1 aromatic carbocycles. The topological polar surface area (TPSA) is 83.4 Å². The van der Waals surface area contributed by atoms with E-state index in [0.29, 0.717) is 31.7 Å². The highest BCUT2D eigenvalue weighted by Crippen LogP contribution is 2.26. The molecule has 4 aromatic rings. The Morgan fingerprint density at radius 2 is 1.77 bits per heavy atom. The lowest BCUT2D eigenvalue weighted by Crippen LogP contribution is -2.56. The normalized spacial score (nSPS) is 14.9. The zero-order valence-corrected chi connectivity index (χ0v) is 20.6. The van der Waals surface area contributed by atoms with Gasteiger partial charge in [-0.05, 0) is 48.4 Å². The van der Waals surface area contributed by atoms with E-state index in [2.05, 4.69) is 20.2 Å². The van der Waals surface area contributed by atoms with Gasteiger partial charge in [-0.3, -0.25) is 9.59 Å². The molecule has 0 radical (unpaired) electrons. The Bertz CT molecular complexity index is 1310. The zero-order chi connectivity index (χ0) is 24.4. The Balaban J connectivity index is 1.26. The Morgan fingerprint density at radius 1 is 1.00 bits per heavy atom. The van der Waals surface area contributed by atoms with Crippen molar-refractivity contribution in [1.82, 2.24) is 24.8 Å². The van der Waals surface area contributed by atoms with Crippen LogP contribution in [-0.2, 0) is 4.79 Å². The smallest absolute Gasteiger partial charge is 0.251 e. The van der Waals surface area contributed by atoms with Crippen LogP contribution in [0.3, 0.4) is 0 Å². The highest BCUT2D eigenvalue weighted by atomic mass is 32.1. The van der Waals surface area contributed by atoms with E-state index in [-0.39, 0.29) is 17.7 Å². The van der Waals surface area contributed by atoms with Crippen LogP contribution in [0.4, 0.5) is 5.82 Å². The summed E-state index contributed by atoms with van der Waals surface area (Å²) < 4.78 is 2.88. The van der Waals surface area contributed by atoms with Crippen molar-refractivity contribution in [3.63, 3.8) is 0 Å². The summed E-state index contributed by atoms with van der Waals surface area (Å²) in [6.07, 6.45) is 5.67. The van der Waals surface area contributed by atoms with Gasteiger partial charge in [0, 0.05) is 50.3 Å². The molecule has 8 nitrogen and oxygen atoms in total. The number of amides is 2. The number of fused-ring (bicyclic) bond motifs is 1. The van der Waals surface area contributed by atoms with Crippen LogP contribution in [0.2, 0.25) is 0 Å². The maximum Gasteiger partial charge on any atom is 0.251 e. The second kappa shape index (κ2) is 9.87. The number of thiazole rings is 1. The fraction of sp³-hybridized carbons (Fsp3) is 0.308. The van der Waals surface area contributed by atoms with Crippen molar-refractivity contribution in [2.24, 2.45) is 5.92 Å². The molecule has 180 valence electrons. The first-order chi connectivity index (χ1) is 17.0. The van der Waals surface area contributed by atoms with Crippen molar-refractivity contribution in [2.45, 2.75) is 19.9 Å². The number of benzene rings is 1. The van der Waals surface area contributed by atoms with Gasteiger partial charge in [-0.15, -0.1) is 0 Å². The van der Waals surface area contributed by atoms with Crippen LogP contribution in [0.1, 0.15) is 24.2 Å². The third-order valence-electron chi connectivity index (χ3n) is 6.25. The Hall–Kier alpha value is -3.72. The number of anilines is 1. The molecule has 1 atom stereocenters. The summed E-state index contributed by atoms with van der Waals surface area (Å²) in [6.45, 7) is 6.55. The van der Waals surface area contributed by atoms with Gasteiger partial charge in [-0.2, -0.15) is 0 Å². The second-order valence-electron chi connectivity index (χ2n) is 8.96. The molecule has 0 saturated carbocycles. The van der Waals surface area contributed by atoms with Crippen LogP contribution in [-0.4, -0.2) is 63.5 Å². The zero-order valence-electron chi connectivity index (χ0n) is 19.8. The molecule has 1 aliphatic heterocycles. The van der Waals surface area contributed by atoms with Crippen molar-refractivity contribution in [3.8, 4) is 5.13 Å². The summed E-state index contributed by atoms with van der Waals surface area (Å²) in [4.78, 5) is 39.6. The summed E-state index contributed by atoms with van der Waals surface area (Å²) >= 11 is 1.53. The van der Waals surface area contributed by atoms with E-state index in [9.17, 15) is 9.59 Å². The van der Waals surface area contributed by atoms with E-state index in [1.807, 2.05) is 78.2 Å². The van der Waals surface area contributed by atoms with E-state index >= 15 is 0 Å². The largest absolute Gasteiger partial charge is 0.353 e. The Morgan fingerprint density at radius 3 is 2.46 bits per heavy atom. The van der Waals surface area contributed by atoms with E-state index in [4.69, 9.17) is 0 Å². The molecule has 1 fully saturated rings. The van der Waals surface area contributed by atoms with Crippen molar-refractivity contribution >= 4 is 39.2 Å². The van der Waals surface area contributed by atoms with E-state index in [0.717, 1.165) is 21.2 Å². The van der Waals surface area contributed by atoms with Gasteiger partial charge < -0.3 is 19.7 Å². The van der Waals surface area contributed by atoms with E-state index < -0.39 is 6.04 Å². The molecule has 0 bridgehead atoms. The van der Waals surface area contributed by atoms with Crippen LogP contribution < -0.4 is 10.2 Å². The number of carbonyl (C=O) groups excluding carboxylic acids is 2. The van der Waals surface area contributed by atoms with Crippen LogP contribution in [0, 0.1) is 5.92 Å². The number of aromatic nitrogens is 3. The Labute approximate surface area is 208 Å². The van der Waals surface area contributed by atoms with Crippen molar-refractivity contribution < 1.29 is 9.59 Å². The number of nitrogens with zero attached hydrogens (tertiary/aromatic N) is 5. The number of piperazine rings is 1. The predicted octanol–water partition coefficient (Wildman–Crippen LogP) is 3.59. The summed E-state index contributed by atoms with van der Waals surface area (Å²) in [5, 5.41) is 3.84. The van der Waals surface area contributed by atoms with Crippen molar-refractivity contribution in [3.05, 3.63) is 72.7 Å². The quantitative estimate of drug-likeness (QED) is 0.449. The van der Waals surface area contributed by atoms with Gasteiger partial charge in [0.15, 0.2) is 5.13 Å². The molecule has 5 rings (SSSR count). The lowest BCUT2D eigenvalue weighted by Gasteiger charge is -2.37. The van der Waals surface area contributed by atoms with Crippen LogP contribution in [0.25, 0.3) is 15.3 Å². The average Bonchev–Trinajstić information content (AvgIpc) is 3.57. The highest BCUT2D eigenvalue weighted by Gasteiger charge is 2.31. The molecule has 9 heteroatoms. The van der Waals surface area contributed by atoms with Gasteiger partial charge in [0.1, 0.15) is 11.9 Å². The third kappa shape index (κ3) is 4.90. The number of hydrogen-bond donors (Lipinski definition) is 1. The monoisotopic (exact) mass is 488 g/mol. The average molecular weight is 489 g/mol. The van der Waals surface area contributed by atoms with E-state index in [1.54, 1.807) is 12.3 Å². The summed E-state index contributed by atoms with van der Waals surface area (Å²) in [5.41, 5.74) is 1.37. The van der Waals surface area contributed by atoms with Crippen molar-refractivity contribution in [2.75, 3.05) is 31.1 Å². The number of carbonyl (C=O) groups is 2. The highest BCUT2D eigenvalue weighted by molar-refractivity contribution is 7.20. The fourth-order valence-corrected chi connectivity index (χ4v) is 5.23. The number of pyridine rings is 1. The molecule has 1 N–H and O–H groups in total. The minimum absolute atomic E-state index is 0.0345. The molecule has 35 heavy (non-hydrogen) atoms. The van der Waals surface area contributed by atoms with Crippen LogP contribution in [0.5, 0.6) is 0 Å². The van der Waals surface area contributed by atoms with Crippen LogP contribution >= 0.6 is 11.3 Å². The molecule has 0 spiro atoms. The standard InChI is InChI=1S/C26H28N6O2S/c1-18(2)23(25(34)31-15-13-30(14-16-31)22-7-3-4-10-27-22)29-24(33)19-8-9-20-21(17-19)35-26(28-20)32-11-5-6-12-32/h3-12,17-18,23H,13-16H2,1-2H3,(H,29,33)/t23-/m0/s1. The molecule has 1 aliphatic rings. The molecular formula is C26H28N6O2S. The third-order valence-corrected chi connectivity index (χ3v) is 7.28. The molecular weight excluding hydrogens is 460 g/mol. The number of nitrogens with one attached hydrogen (secondary N) is 1. The molecule has 2 amide bonds. The van der Waals surface area contributed by atoms with Crippen molar-refractivity contribution in [1.29, 1.82) is 0 Å². The Kier molecular flexibility index (Phi) is 6.50. The minimum atomic E-state index is -0.587. The van der Waals surface area contributed by atoms with Gasteiger partial charge in [-0.1, -0.05) is 31.3 Å². The summed E-state index contributed by atoms with van der Waals surface area (Å²) in [7, 11) is 0. The maximum absolute atomic E-state index is 13.4. The molecule has 1 saturated heterocycles. The summed E-state index contributed by atoms with van der Waals surface area (Å²) in [6, 6.07) is 14.6. The lowest BCUT2D eigenvalue weighted by atomic mass is 10.0. The second-order valence-corrected chi connectivity index (χ2v) is 9.97. The van der Waals surface area contributed by atoms with Gasteiger partial charge in [0.25, 0.3) is 5.91 Å². The maximum atomic E-state index is 13.4. The number of rotatable bonds is 6. The first-order valence-electron chi connectivity index (χ1n) is 11.8. The van der Waals surface area contributed by atoms with Gasteiger partial charge in [-0.25, -0.2) is 9.97 Å². The molecule has 4 heterocycles. The lowest BCUT2D eigenvalue weighted by molar-refractivity contribution is -0.134. The first kappa shape index (κ1) is 23.0. The SMILES string of the molecule is CC(C)[C@H](NC(=O)c1ccc2nc(-n3cccc3)sc2c1)C(=O)N1CCN(c2ccccn2)CC1. The van der Waals surface area contributed by atoms with Gasteiger partial charge in [0.05, 0.1) is 10.2 Å². The summed E-state index contributed by atoms with van der Waals surface area (Å²) in [5.74, 6) is 0.601. The minimum Gasteiger partial charge on any atom is -0.353 e. The van der Waals surface area contributed by atoms with Gasteiger partial charge in [0.2, 0.25) is 5.91 Å². The number of hydrogen-bond acceptors (Lipinski definition) is 6. The molecule has 0 aliphatic carbocycles. The predicted molar refractivity (Wildman–Crippen MR) is 138 cm³/mol. The van der Waals surface area contributed by atoms with Crippen LogP contribution in [0.15, 0.2) is 67.1 Å². The molecule has 0 unspecified atom stereocenters. The van der Waals surface area contributed by atoms with Gasteiger partial charge >= 0.3 is 0 Å².